The van der Waals surface area contributed by atoms with E-state index in [2.05, 4.69) is 26.5 Å². The van der Waals surface area contributed by atoms with Gasteiger partial charge in [-0.05, 0) is 61.9 Å². The van der Waals surface area contributed by atoms with E-state index >= 15 is 0 Å². The highest BCUT2D eigenvalue weighted by Crippen LogP contribution is 2.61. The molecule has 0 radical (unpaired) electrons. The normalized spacial score (nSPS) is 37.0. The van der Waals surface area contributed by atoms with E-state index in [1.165, 1.54) is 5.57 Å². The number of hydrogen-bond donors (Lipinski definition) is 0. The molecule has 2 saturated carbocycles. The third kappa shape index (κ3) is 5.67. The lowest BCUT2D eigenvalue weighted by Crippen LogP contribution is -2.49. The van der Waals surface area contributed by atoms with Crippen molar-refractivity contribution >= 4 is 17.9 Å². The largest absolute Gasteiger partial charge is 0.462 e. The van der Waals surface area contributed by atoms with E-state index in [4.69, 9.17) is 14.2 Å². The number of rotatable bonds is 6. The Morgan fingerprint density at radius 3 is 2.23 bits per heavy atom. The van der Waals surface area contributed by atoms with Crippen LogP contribution in [0.15, 0.2) is 23.8 Å². The predicted octanol–water partition coefficient (Wildman–Crippen LogP) is 5.94. The fraction of sp³-hybridized carbons (Fsp3) is 0.759. The van der Waals surface area contributed by atoms with Crippen LogP contribution in [0, 0.1) is 29.1 Å². The van der Waals surface area contributed by atoms with E-state index in [0.717, 1.165) is 18.4 Å². The van der Waals surface area contributed by atoms with Gasteiger partial charge in [0.1, 0.15) is 18.3 Å². The molecule has 2 bridgehead atoms. The van der Waals surface area contributed by atoms with Crippen LogP contribution in [0.25, 0.3) is 0 Å². The number of fused-ring (bicyclic) bond motifs is 1. The summed E-state index contributed by atoms with van der Waals surface area (Å²) in [5.41, 5.74) is 1.92. The van der Waals surface area contributed by atoms with Crippen molar-refractivity contribution in [3.63, 3.8) is 0 Å². The van der Waals surface area contributed by atoms with Crippen molar-refractivity contribution in [2.75, 3.05) is 0 Å². The van der Waals surface area contributed by atoms with Crippen LogP contribution in [0.1, 0.15) is 92.9 Å². The molecule has 8 atom stereocenters. The smallest absolute Gasteiger partial charge is 0.306 e. The third-order valence-electron chi connectivity index (χ3n) is 8.95. The second-order valence-corrected chi connectivity index (χ2v) is 11.0. The third-order valence-corrected chi connectivity index (χ3v) is 8.95. The highest BCUT2D eigenvalue weighted by atomic mass is 16.6. The minimum absolute atomic E-state index is 0.0725. The lowest BCUT2D eigenvalue weighted by molar-refractivity contribution is -0.163. The summed E-state index contributed by atoms with van der Waals surface area (Å²) in [4.78, 5) is 37.1. The van der Waals surface area contributed by atoms with E-state index in [1.807, 2.05) is 20.8 Å². The number of hydrogen-bond acceptors (Lipinski definition) is 6. The van der Waals surface area contributed by atoms with Crippen molar-refractivity contribution in [2.45, 2.75) is 111 Å². The van der Waals surface area contributed by atoms with Gasteiger partial charge in [-0.25, -0.2) is 0 Å². The standard InChI is InChI=1S/C29H44O6/c1-8-25(30)33-22-12-11-17(4)23(34-26(31)9-2)15-20-16-24(35-27(32)10-3)29(7)14-13-21(19(22)6)28(29)18(20)5/h11,19-24,28H,5,8-10,12-16H2,1-4,6-7H3. The van der Waals surface area contributed by atoms with Crippen LogP contribution in [-0.4, -0.2) is 36.2 Å². The minimum atomic E-state index is -0.383. The molecule has 0 aliphatic heterocycles. The van der Waals surface area contributed by atoms with Gasteiger partial charge in [0, 0.05) is 31.1 Å². The van der Waals surface area contributed by atoms with Gasteiger partial charge in [0.2, 0.25) is 0 Å². The summed E-state index contributed by atoms with van der Waals surface area (Å²) in [6.45, 7) is 16.5. The minimum Gasteiger partial charge on any atom is -0.462 e. The Labute approximate surface area is 210 Å². The van der Waals surface area contributed by atoms with Gasteiger partial charge in [-0.15, -0.1) is 0 Å². The Bertz CT molecular complexity index is 859. The highest BCUT2D eigenvalue weighted by Gasteiger charge is 2.58. The number of carbonyl (C=O) groups excluding carboxylic acids is 3. The molecule has 8 unspecified atom stereocenters. The van der Waals surface area contributed by atoms with Crippen LogP contribution in [0.4, 0.5) is 0 Å². The van der Waals surface area contributed by atoms with Crippen molar-refractivity contribution in [3.05, 3.63) is 23.8 Å². The molecule has 6 nitrogen and oxygen atoms in total. The summed E-state index contributed by atoms with van der Waals surface area (Å²) < 4.78 is 17.9. The summed E-state index contributed by atoms with van der Waals surface area (Å²) in [6.07, 6.45) is 6.03. The van der Waals surface area contributed by atoms with E-state index < -0.39 is 0 Å². The maximum absolute atomic E-state index is 12.4. The second-order valence-electron chi connectivity index (χ2n) is 11.0. The molecular weight excluding hydrogens is 444 g/mol. The summed E-state index contributed by atoms with van der Waals surface area (Å²) in [7, 11) is 0. The number of esters is 3. The van der Waals surface area contributed by atoms with Crippen LogP contribution in [0.5, 0.6) is 0 Å². The van der Waals surface area contributed by atoms with Crippen LogP contribution >= 0.6 is 0 Å². The van der Waals surface area contributed by atoms with Gasteiger partial charge in [0.15, 0.2) is 0 Å². The molecule has 0 heterocycles. The molecule has 3 aliphatic carbocycles. The van der Waals surface area contributed by atoms with Crippen LogP contribution in [0.2, 0.25) is 0 Å². The van der Waals surface area contributed by atoms with Crippen molar-refractivity contribution in [3.8, 4) is 0 Å². The lowest BCUT2D eigenvalue weighted by atomic mass is 9.58. The molecule has 0 spiro atoms. The van der Waals surface area contributed by atoms with Crippen molar-refractivity contribution in [1.29, 1.82) is 0 Å². The topological polar surface area (TPSA) is 78.9 Å². The summed E-state index contributed by atoms with van der Waals surface area (Å²) >= 11 is 0. The van der Waals surface area contributed by atoms with E-state index in [-0.39, 0.29) is 65.3 Å². The molecule has 6 heteroatoms. The molecule has 3 rings (SSSR count). The summed E-state index contributed by atoms with van der Waals surface area (Å²) in [6, 6.07) is 0. The first-order valence-corrected chi connectivity index (χ1v) is 13.5. The first-order valence-electron chi connectivity index (χ1n) is 13.5. The quantitative estimate of drug-likeness (QED) is 0.262. The van der Waals surface area contributed by atoms with E-state index in [9.17, 15) is 14.4 Å². The molecule has 0 N–H and O–H groups in total. The average Bonchev–Trinajstić information content (AvgIpc) is 3.20. The molecule has 196 valence electrons. The SMILES string of the molecule is C=C1C2CC(OC(=O)CC)C(C)=CCC(OC(=O)CC)C(C)C3CCC(C)(C(OC(=O)CC)C2)C13. The second kappa shape index (κ2) is 11.3. The van der Waals surface area contributed by atoms with Gasteiger partial charge < -0.3 is 14.2 Å². The van der Waals surface area contributed by atoms with Crippen LogP contribution in [-0.2, 0) is 28.6 Å². The Balaban J connectivity index is 2.06. The Kier molecular flexibility index (Phi) is 8.87. The molecule has 0 aromatic carbocycles. The molecule has 2 fully saturated rings. The maximum Gasteiger partial charge on any atom is 0.306 e. The maximum atomic E-state index is 12.4. The van der Waals surface area contributed by atoms with Gasteiger partial charge >= 0.3 is 17.9 Å². The zero-order valence-electron chi connectivity index (χ0n) is 22.4. The van der Waals surface area contributed by atoms with Gasteiger partial charge in [-0.1, -0.05) is 52.8 Å². The molecule has 0 saturated heterocycles. The Morgan fingerprint density at radius 1 is 1.00 bits per heavy atom. The van der Waals surface area contributed by atoms with E-state index in [0.29, 0.717) is 38.5 Å². The molecule has 0 amide bonds. The highest BCUT2D eigenvalue weighted by molar-refractivity contribution is 5.70. The van der Waals surface area contributed by atoms with Gasteiger partial charge in [0.25, 0.3) is 0 Å². The van der Waals surface area contributed by atoms with Crippen LogP contribution in [0.3, 0.4) is 0 Å². The predicted molar refractivity (Wildman–Crippen MR) is 134 cm³/mol. The fourth-order valence-electron chi connectivity index (χ4n) is 6.68. The van der Waals surface area contributed by atoms with Crippen molar-refractivity contribution in [2.24, 2.45) is 29.1 Å². The first kappa shape index (κ1) is 27.5. The zero-order valence-corrected chi connectivity index (χ0v) is 22.4. The molecule has 35 heavy (non-hydrogen) atoms. The zero-order chi connectivity index (χ0) is 25.9. The Hall–Kier alpha value is -2.11. The fourth-order valence-corrected chi connectivity index (χ4v) is 6.68. The van der Waals surface area contributed by atoms with Crippen molar-refractivity contribution in [1.82, 2.24) is 0 Å². The van der Waals surface area contributed by atoms with Gasteiger partial charge in [-0.3, -0.25) is 14.4 Å². The lowest BCUT2D eigenvalue weighted by Gasteiger charge is -2.50. The molecule has 3 aliphatic rings. The van der Waals surface area contributed by atoms with Gasteiger partial charge in [-0.2, -0.15) is 0 Å². The number of allylic oxidation sites excluding steroid dienone is 1. The number of ether oxygens (including phenoxy) is 3. The summed E-state index contributed by atoms with van der Waals surface area (Å²) in [5, 5.41) is 0. The van der Waals surface area contributed by atoms with Crippen LogP contribution < -0.4 is 0 Å². The van der Waals surface area contributed by atoms with E-state index in [1.54, 1.807) is 6.92 Å². The average molecular weight is 489 g/mol. The summed E-state index contributed by atoms with van der Waals surface area (Å²) in [5.74, 6) is -0.00308. The molecular formula is C29H44O6. The Morgan fingerprint density at radius 2 is 1.60 bits per heavy atom. The monoisotopic (exact) mass is 488 g/mol. The molecule has 0 aromatic heterocycles. The first-order chi connectivity index (χ1) is 16.5. The molecule has 0 aromatic rings. The van der Waals surface area contributed by atoms with Gasteiger partial charge in [0.05, 0.1) is 0 Å². The number of carbonyl (C=O) groups is 3. The van der Waals surface area contributed by atoms with Crippen molar-refractivity contribution < 1.29 is 28.6 Å².